The predicted octanol–water partition coefficient (Wildman–Crippen LogP) is 3.03. The van der Waals surface area contributed by atoms with Gasteiger partial charge in [-0.2, -0.15) is 0 Å². The van der Waals surface area contributed by atoms with E-state index in [1.807, 2.05) is 0 Å². The SMILES string of the molecule is CC(C)C(=O)C(NC(=O)c1ccc(F)c(F)c1)C(=O)OCc1ccccc1. The van der Waals surface area contributed by atoms with Gasteiger partial charge in [-0.25, -0.2) is 13.6 Å². The number of ketones is 1. The van der Waals surface area contributed by atoms with Crippen LogP contribution in [0.5, 0.6) is 0 Å². The number of halogens is 2. The molecule has 2 aromatic rings. The maximum absolute atomic E-state index is 13.3. The van der Waals surface area contributed by atoms with E-state index in [0.29, 0.717) is 11.6 Å². The molecule has 0 heterocycles. The van der Waals surface area contributed by atoms with E-state index in [2.05, 4.69) is 5.32 Å². The topological polar surface area (TPSA) is 72.5 Å². The van der Waals surface area contributed by atoms with Crippen molar-refractivity contribution in [2.75, 3.05) is 0 Å². The standard InChI is InChI=1S/C20H19F2NO4/c1-12(2)18(24)17(20(26)27-11-13-6-4-3-5-7-13)23-19(25)14-8-9-15(21)16(22)10-14/h3-10,12,17H,11H2,1-2H3,(H,23,25). The molecule has 0 spiro atoms. The first-order valence-corrected chi connectivity index (χ1v) is 8.29. The summed E-state index contributed by atoms with van der Waals surface area (Å²) in [5, 5.41) is 2.25. The minimum absolute atomic E-state index is 0.0669. The maximum atomic E-state index is 13.3. The highest BCUT2D eigenvalue weighted by Gasteiger charge is 2.32. The highest BCUT2D eigenvalue weighted by molar-refractivity contribution is 6.08. The summed E-state index contributed by atoms with van der Waals surface area (Å²) in [7, 11) is 0. The third-order valence-electron chi connectivity index (χ3n) is 3.77. The summed E-state index contributed by atoms with van der Waals surface area (Å²) in [6.07, 6.45) is 0. The van der Waals surface area contributed by atoms with Crippen LogP contribution >= 0.6 is 0 Å². The van der Waals surface area contributed by atoms with E-state index >= 15 is 0 Å². The minimum Gasteiger partial charge on any atom is -0.459 e. The Hall–Kier alpha value is -3.09. The number of amides is 1. The van der Waals surface area contributed by atoms with Gasteiger partial charge >= 0.3 is 5.97 Å². The normalized spacial score (nSPS) is 11.7. The Morgan fingerprint density at radius 2 is 1.67 bits per heavy atom. The van der Waals surface area contributed by atoms with Gasteiger partial charge in [-0.3, -0.25) is 9.59 Å². The second kappa shape index (κ2) is 9.02. The largest absolute Gasteiger partial charge is 0.459 e. The number of esters is 1. The number of ether oxygens (including phenoxy) is 1. The van der Waals surface area contributed by atoms with E-state index in [4.69, 9.17) is 4.74 Å². The predicted molar refractivity (Wildman–Crippen MR) is 93.7 cm³/mol. The van der Waals surface area contributed by atoms with Gasteiger partial charge in [0, 0.05) is 11.5 Å². The highest BCUT2D eigenvalue weighted by atomic mass is 19.2. The second-order valence-electron chi connectivity index (χ2n) is 6.19. The molecule has 0 saturated carbocycles. The van der Waals surface area contributed by atoms with E-state index in [0.717, 1.165) is 12.1 Å². The van der Waals surface area contributed by atoms with Crippen molar-refractivity contribution in [1.29, 1.82) is 0 Å². The Morgan fingerprint density at radius 3 is 2.26 bits per heavy atom. The van der Waals surface area contributed by atoms with Gasteiger partial charge in [-0.15, -0.1) is 0 Å². The number of carbonyl (C=O) groups excluding carboxylic acids is 3. The van der Waals surface area contributed by atoms with Gasteiger partial charge in [-0.1, -0.05) is 44.2 Å². The molecule has 1 amide bonds. The Balaban J connectivity index is 2.13. The molecule has 1 N–H and O–H groups in total. The van der Waals surface area contributed by atoms with Gasteiger partial charge in [0.1, 0.15) is 6.61 Å². The molecule has 0 aromatic heterocycles. The lowest BCUT2D eigenvalue weighted by atomic mass is 10.0. The Kier molecular flexibility index (Phi) is 6.76. The summed E-state index contributed by atoms with van der Waals surface area (Å²) in [5.74, 6) is -5.23. The van der Waals surface area contributed by atoms with Crippen molar-refractivity contribution in [2.45, 2.75) is 26.5 Å². The van der Waals surface area contributed by atoms with E-state index in [-0.39, 0.29) is 12.2 Å². The maximum Gasteiger partial charge on any atom is 0.336 e. The number of nitrogens with one attached hydrogen (secondary N) is 1. The second-order valence-corrected chi connectivity index (χ2v) is 6.19. The molecule has 2 rings (SSSR count). The van der Waals surface area contributed by atoms with E-state index in [1.54, 1.807) is 44.2 Å². The first kappa shape index (κ1) is 20.2. The van der Waals surface area contributed by atoms with Crippen molar-refractivity contribution in [2.24, 2.45) is 5.92 Å². The zero-order chi connectivity index (χ0) is 20.0. The number of rotatable bonds is 7. The van der Waals surface area contributed by atoms with Crippen LogP contribution in [0.15, 0.2) is 48.5 Å². The van der Waals surface area contributed by atoms with Crippen LogP contribution in [-0.4, -0.2) is 23.7 Å². The van der Waals surface area contributed by atoms with Crippen LogP contribution in [0.25, 0.3) is 0 Å². The third-order valence-corrected chi connectivity index (χ3v) is 3.77. The van der Waals surface area contributed by atoms with Crippen LogP contribution in [0.2, 0.25) is 0 Å². The van der Waals surface area contributed by atoms with Crippen molar-refractivity contribution in [1.82, 2.24) is 5.32 Å². The van der Waals surface area contributed by atoms with Crippen LogP contribution < -0.4 is 5.32 Å². The summed E-state index contributed by atoms with van der Waals surface area (Å²) in [6.45, 7) is 3.08. The van der Waals surface area contributed by atoms with Crippen LogP contribution in [0, 0.1) is 17.6 Å². The van der Waals surface area contributed by atoms with Gasteiger partial charge in [-0.05, 0) is 23.8 Å². The fourth-order valence-corrected chi connectivity index (χ4v) is 2.24. The number of benzene rings is 2. The molecule has 0 aliphatic heterocycles. The summed E-state index contributed by atoms with van der Waals surface area (Å²) in [4.78, 5) is 37.0. The highest BCUT2D eigenvalue weighted by Crippen LogP contribution is 2.11. The Labute approximate surface area is 155 Å². The van der Waals surface area contributed by atoms with Crippen LogP contribution in [0.3, 0.4) is 0 Å². The van der Waals surface area contributed by atoms with Crippen LogP contribution in [0.4, 0.5) is 8.78 Å². The average molecular weight is 375 g/mol. The number of hydrogen-bond donors (Lipinski definition) is 1. The first-order chi connectivity index (χ1) is 12.8. The molecule has 0 fully saturated rings. The van der Waals surface area contributed by atoms with Crippen molar-refractivity contribution >= 4 is 17.7 Å². The molecule has 0 bridgehead atoms. The third kappa shape index (κ3) is 5.44. The molecule has 0 radical (unpaired) electrons. The van der Waals surface area contributed by atoms with Gasteiger partial charge in [0.05, 0.1) is 0 Å². The monoisotopic (exact) mass is 375 g/mol. The minimum atomic E-state index is -1.55. The smallest absolute Gasteiger partial charge is 0.336 e. The molecule has 5 nitrogen and oxygen atoms in total. The number of carbonyl (C=O) groups is 3. The van der Waals surface area contributed by atoms with Gasteiger partial charge < -0.3 is 10.1 Å². The molecule has 0 saturated heterocycles. The van der Waals surface area contributed by atoms with Gasteiger partial charge in [0.2, 0.25) is 0 Å². The molecule has 0 aliphatic carbocycles. The summed E-state index contributed by atoms with van der Waals surface area (Å²) in [6, 6.07) is 9.82. The Morgan fingerprint density at radius 1 is 1.00 bits per heavy atom. The first-order valence-electron chi connectivity index (χ1n) is 8.29. The number of hydrogen-bond acceptors (Lipinski definition) is 4. The molecule has 1 atom stereocenters. The van der Waals surface area contributed by atoms with E-state index in [1.165, 1.54) is 0 Å². The summed E-state index contributed by atoms with van der Waals surface area (Å²) < 4.78 is 31.5. The molecular weight excluding hydrogens is 356 g/mol. The van der Waals surface area contributed by atoms with Crippen molar-refractivity contribution in [3.05, 3.63) is 71.3 Å². The molecule has 27 heavy (non-hydrogen) atoms. The van der Waals surface area contributed by atoms with E-state index in [9.17, 15) is 23.2 Å². The van der Waals surface area contributed by atoms with Gasteiger partial charge in [0.25, 0.3) is 5.91 Å². The molecule has 142 valence electrons. The molecule has 1 unspecified atom stereocenters. The number of Topliss-reactive ketones (excluding diaryl/α,β-unsaturated/α-hetero) is 1. The lowest BCUT2D eigenvalue weighted by Gasteiger charge is -2.18. The fourth-order valence-electron chi connectivity index (χ4n) is 2.24. The fraction of sp³-hybridized carbons (Fsp3) is 0.250. The van der Waals surface area contributed by atoms with E-state index < -0.39 is 41.3 Å². The summed E-state index contributed by atoms with van der Waals surface area (Å²) in [5.41, 5.74) is 0.500. The molecule has 2 aromatic carbocycles. The van der Waals surface area contributed by atoms with Crippen molar-refractivity contribution in [3.8, 4) is 0 Å². The Bertz CT molecular complexity index is 837. The lowest BCUT2D eigenvalue weighted by Crippen LogP contribution is -2.48. The van der Waals surface area contributed by atoms with Crippen LogP contribution in [-0.2, 0) is 20.9 Å². The summed E-state index contributed by atoms with van der Waals surface area (Å²) >= 11 is 0. The average Bonchev–Trinajstić information content (AvgIpc) is 2.66. The van der Waals surface area contributed by atoms with Gasteiger partial charge in [0.15, 0.2) is 23.5 Å². The molecule has 0 aliphatic rings. The quantitative estimate of drug-likeness (QED) is 0.596. The molecular formula is C20H19F2NO4. The van der Waals surface area contributed by atoms with Crippen LogP contribution in [0.1, 0.15) is 29.8 Å². The van der Waals surface area contributed by atoms with Crippen molar-refractivity contribution < 1.29 is 27.9 Å². The zero-order valence-corrected chi connectivity index (χ0v) is 14.9. The zero-order valence-electron chi connectivity index (χ0n) is 14.9. The van der Waals surface area contributed by atoms with Crippen molar-refractivity contribution in [3.63, 3.8) is 0 Å². The lowest BCUT2D eigenvalue weighted by molar-refractivity contribution is -0.150. The molecule has 7 heteroatoms.